The Hall–Kier alpha value is -2.79. The lowest BCUT2D eigenvalue weighted by molar-refractivity contribution is 0.0985. The highest BCUT2D eigenvalue weighted by atomic mass is 32.1. The molecular weight excluding hydrogens is 358 g/mol. The fraction of sp³-hybridized carbons (Fsp3) is 0.227. The molecule has 0 bridgehead atoms. The molecule has 0 atom stereocenters. The van der Waals surface area contributed by atoms with Gasteiger partial charge in [0.25, 0.3) is 5.91 Å². The van der Waals surface area contributed by atoms with Crippen LogP contribution in [0.5, 0.6) is 11.5 Å². The molecule has 0 unspecified atom stereocenters. The van der Waals surface area contributed by atoms with Gasteiger partial charge in [-0.05, 0) is 73.8 Å². The third kappa shape index (κ3) is 4.89. The number of benzene rings is 2. The molecule has 1 aromatic heterocycles. The summed E-state index contributed by atoms with van der Waals surface area (Å²) in [7, 11) is 1.63. The Kier molecular flexibility index (Phi) is 6.14. The number of nitrogens with zero attached hydrogens (tertiary/aromatic N) is 1. The van der Waals surface area contributed by atoms with E-state index >= 15 is 0 Å². The molecule has 140 valence electrons. The van der Waals surface area contributed by atoms with Crippen molar-refractivity contribution >= 4 is 22.9 Å². The summed E-state index contributed by atoms with van der Waals surface area (Å²) in [4.78, 5) is 16.1. The van der Waals surface area contributed by atoms with E-state index in [9.17, 15) is 4.79 Å². The van der Waals surface area contributed by atoms with Gasteiger partial charge in [0.2, 0.25) is 0 Å². The quantitative estimate of drug-likeness (QED) is 0.551. The van der Waals surface area contributed by atoms with Gasteiger partial charge < -0.3 is 14.4 Å². The van der Waals surface area contributed by atoms with Crippen LogP contribution in [0.2, 0.25) is 0 Å². The first-order valence-corrected chi connectivity index (χ1v) is 9.70. The Labute approximate surface area is 164 Å². The van der Waals surface area contributed by atoms with Crippen molar-refractivity contribution in [2.24, 2.45) is 0 Å². The summed E-state index contributed by atoms with van der Waals surface area (Å²) in [5, 5.41) is 2.02. The van der Waals surface area contributed by atoms with Gasteiger partial charge >= 0.3 is 0 Å². The van der Waals surface area contributed by atoms with Crippen molar-refractivity contribution in [2.75, 3.05) is 12.0 Å². The van der Waals surface area contributed by atoms with E-state index in [1.165, 1.54) is 0 Å². The third-order valence-corrected chi connectivity index (χ3v) is 4.86. The Morgan fingerprint density at radius 3 is 2.22 bits per heavy atom. The first-order chi connectivity index (χ1) is 13.1. The van der Waals surface area contributed by atoms with Crippen LogP contribution in [0.3, 0.4) is 0 Å². The molecule has 0 saturated carbocycles. The van der Waals surface area contributed by atoms with E-state index in [0.29, 0.717) is 12.1 Å². The molecule has 5 heteroatoms. The first kappa shape index (κ1) is 19.0. The van der Waals surface area contributed by atoms with Crippen LogP contribution in [-0.4, -0.2) is 19.1 Å². The Morgan fingerprint density at radius 2 is 1.67 bits per heavy atom. The van der Waals surface area contributed by atoms with Crippen molar-refractivity contribution < 1.29 is 14.3 Å². The van der Waals surface area contributed by atoms with Gasteiger partial charge in [-0.2, -0.15) is 0 Å². The van der Waals surface area contributed by atoms with E-state index < -0.39 is 0 Å². The van der Waals surface area contributed by atoms with E-state index in [1.807, 2.05) is 79.9 Å². The van der Waals surface area contributed by atoms with Gasteiger partial charge in [-0.3, -0.25) is 4.79 Å². The second-order valence-corrected chi connectivity index (χ2v) is 7.39. The fourth-order valence-corrected chi connectivity index (χ4v) is 3.40. The molecule has 3 rings (SSSR count). The molecule has 27 heavy (non-hydrogen) atoms. The van der Waals surface area contributed by atoms with Crippen molar-refractivity contribution in [2.45, 2.75) is 26.5 Å². The topological polar surface area (TPSA) is 38.8 Å². The van der Waals surface area contributed by atoms with E-state index in [4.69, 9.17) is 9.47 Å². The maximum absolute atomic E-state index is 13.2. The molecule has 0 aliphatic heterocycles. The van der Waals surface area contributed by atoms with Crippen LogP contribution < -0.4 is 14.4 Å². The summed E-state index contributed by atoms with van der Waals surface area (Å²) in [6.07, 6.45) is 0.0983. The Bertz CT molecular complexity index is 856. The summed E-state index contributed by atoms with van der Waals surface area (Å²) >= 11 is 1.64. The van der Waals surface area contributed by atoms with Crippen molar-refractivity contribution in [3.05, 3.63) is 76.5 Å². The normalized spacial score (nSPS) is 10.7. The molecule has 0 fully saturated rings. The smallest absolute Gasteiger partial charge is 0.258 e. The van der Waals surface area contributed by atoms with Gasteiger partial charge in [-0.15, -0.1) is 11.3 Å². The van der Waals surface area contributed by atoms with Gasteiger partial charge in [0.15, 0.2) is 0 Å². The van der Waals surface area contributed by atoms with E-state index in [-0.39, 0.29) is 12.0 Å². The average Bonchev–Trinajstić information content (AvgIpc) is 3.19. The molecular formula is C22H23NO3S. The highest BCUT2D eigenvalue weighted by Crippen LogP contribution is 2.25. The minimum Gasteiger partial charge on any atom is -0.497 e. The second kappa shape index (κ2) is 8.73. The first-order valence-electron chi connectivity index (χ1n) is 8.82. The molecule has 4 nitrogen and oxygen atoms in total. The number of amides is 1. The maximum Gasteiger partial charge on any atom is 0.258 e. The number of methoxy groups -OCH3 is 1. The number of thiophene rings is 1. The molecule has 1 amide bonds. The lowest BCUT2D eigenvalue weighted by atomic mass is 10.1. The summed E-state index contributed by atoms with van der Waals surface area (Å²) in [5.41, 5.74) is 1.45. The summed E-state index contributed by atoms with van der Waals surface area (Å²) in [6.45, 7) is 4.48. The predicted octanol–water partition coefficient (Wildman–Crippen LogP) is 5.39. The van der Waals surface area contributed by atoms with Crippen LogP contribution in [0.25, 0.3) is 0 Å². The van der Waals surface area contributed by atoms with E-state index in [1.54, 1.807) is 23.3 Å². The van der Waals surface area contributed by atoms with Crippen molar-refractivity contribution in [3.8, 4) is 11.5 Å². The zero-order valence-electron chi connectivity index (χ0n) is 15.7. The zero-order valence-corrected chi connectivity index (χ0v) is 16.5. The number of hydrogen-bond acceptors (Lipinski definition) is 4. The molecule has 0 aliphatic rings. The van der Waals surface area contributed by atoms with Crippen LogP contribution in [0.15, 0.2) is 66.0 Å². The minimum atomic E-state index is -0.0512. The second-order valence-electron chi connectivity index (χ2n) is 6.36. The largest absolute Gasteiger partial charge is 0.497 e. The maximum atomic E-state index is 13.2. The molecule has 0 saturated heterocycles. The number of hydrogen-bond donors (Lipinski definition) is 0. The van der Waals surface area contributed by atoms with Crippen molar-refractivity contribution in [3.63, 3.8) is 0 Å². The van der Waals surface area contributed by atoms with Crippen LogP contribution in [0, 0.1) is 0 Å². The summed E-state index contributed by atoms with van der Waals surface area (Å²) in [6, 6.07) is 18.9. The standard InChI is InChI=1S/C22H23NO3S/c1-16(2)26-20-10-6-17(7-11-20)22(24)23(15-21-5-4-14-27-21)18-8-12-19(25-3)13-9-18/h4-14,16H,15H2,1-3H3. The number of rotatable bonds is 7. The van der Waals surface area contributed by atoms with Crippen LogP contribution in [-0.2, 0) is 6.54 Å². The van der Waals surface area contributed by atoms with Crippen molar-refractivity contribution in [1.82, 2.24) is 0 Å². The van der Waals surface area contributed by atoms with E-state index in [0.717, 1.165) is 22.1 Å². The molecule has 0 aliphatic carbocycles. The van der Waals surface area contributed by atoms with Gasteiger partial charge in [0.05, 0.1) is 19.8 Å². The number of carbonyl (C=O) groups is 1. The molecule has 0 N–H and O–H groups in total. The van der Waals surface area contributed by atoms with Crippen LogP contribution in [0.4, 0.5) is 5.69 Å². The summed E-state index contributed by atoms with van der Waals surface area (Å²) < 4.78 is 10.9. The number of anilines is 1. The van der Waals surface area contributed by atoms with Gasteiger partial charge in [-0.25, -0.2) is 0 Å². The molecule has 0 radical (unpaired) electrons. The van der Waals surface area contributed by atoms with E-state index in [2.05, 4.69) is 0 Å². The number of ether oxygens (including phenoxy) is 2. The average molecular weight is 381 g/mol. The molecule has 2 aromatic carbocycles. The SMILES string of the molecule is COc1ccc(N(Cc2cccs2)C(=O)c2ccc(OC(C)C)cc2)cc1. The lowest BCUT2D eigenvalue weighted by Gasteiger charge is -2.23. The van der Waals surface area contributed by atoms with Gasteiger partial charge in [0, 0.05) is 16.1 Å². The zero-order chi connectivity index (χ0) is 19.2. The fourth-order valence-electron chi connectivity index (χ4n) is 2.70. The summed E-state index contributed by atoms with van der Waals surface area (Å²) in [5.74, 6) is 1.47. The Balaban J connectivity index is 1.87. The van der Waals surface area contributed by atoms with Gasteiger partial charge in [0.1, 0.15) is 11.5 Å². The monoisotopic (exact) mass is 381 g/mol. The molecule has 0 spiro atoms. The highest BCUT2D eigenvalue weighted by molar-refractivity contribution is 7.09. The lowest BCUT2D eigenvalue weighted by Crippen LogP contribution is -2.30. The van der Waals surface area contributed by atoms with Crippen LogP contribution in [0.1, 0.15) is 29.1 Å². The number of carbonyl (C=O) groups excluding carboxylic acids is 1. The minimum absolute atomic E-state index is 0.0512. The predicted molar refractivity (Wildman–Crippen MR) is 110 cm³/mol. The highest BCUT2D eigenvalue weighted by Gasteiger charge is 2.19. The van der Waals surface area contributed by atoms with Crippen molar-refractivity contribution in [1.29, 1.82) is 0 Å². The van der Waals surface area contributed by atoms with Gasteiger partial charge in [-0.1, -0.05) is 6.07 Å². The third-order valence-electron chi connectivity index (χ3n) is 4.00. The Morgan fingerprint density at radius 1 is 1.00 bits per heavy atom. The molecule has 3 aromatic rings. The van der Waals surface area contributed by atoms with Crippen LogP contribution >= 0.6 is 11.3 Å². The molecule has 1 heterocycles.